The molecule has 170 valence electrons. The number of hydrogen-bond acceptors (Lipinski definition) is 5. The summed E-state index contributed by atoms with van der Waals surface area (Å²) in [7, 11) is -3.25. The molecule has 0 radical (unpaired) electrons. The third-order valence-electron chi connectivity index (χ3n) is 6.49. The van der Waals surface area contributed by atoms with Crippen molar-refractivity contribution in [1.82, 2.24) is 13.9 Å². The van der Waals surface area contributed by atoms with Crippen molar-refractivity contribution < 1.29 is 13.5 Å². The van der Waals surface area contributed by atoms with Crippen molar-refractivity contribution in [2.45, 2.75) is 44.0 Å². The molecule has 10 heteroatoms. The Balaban J connectivity index is 1.64. The van der Waals surface area contributed by atoms with Gasteiger partial charge in [-0.3, -0.25) is 4.98 Å². The Kier molecular flexibility index (Phi) is 5.41. The Bertz CT molecular complexity index is 1330. The van der Waals surface area contributed by atoms with Crippen LogP contribution in [0.15, 0.2) is 24.4 Å². The minimum Gasteiger partial charge on any atom is -0.494 e. The Morgan fingerprint density at radius 3 is 2.66 bits per heavy atom. The van der Waals surface area contributed by atoms with Crippen molar-refractivity contribution in [3.8, 4) is 17.0 Å². The summed E-state index contributed by atoms with van der Waals surface area (Å²) in [5.41, 5.74) is 9.67. The predicted molar refractivity (Wildman–Crippen MR) is 127 cm³/mol. The van der Waals surface area contributed by atoms with Crippen LogP contribution < -0.4 is 5.73 Å². The van der Waals surface area contributed by atoms with Crippen molar-refractivity contribution in [3.63, 3.8) is 0 Å². The maximum atomic E-state index is 12.7. The fraction of sp³-hybridized carbons (Fsp3) is 0.409. The molecule has 5 rings (SSSR count). The topological polar surface area (TPSA) is 101 Å². The molecule has 0 amide bonds. The largest absolute Gasteiger partial charge is 0.494 e. The molecule has 32 heavy (non-hydrogen) atoms. The van der Waals surface area contributed by atoms with E-state index >= 15 is 0 Å². The predicted octanol–water partition coefficient (Wildman–Crippen LogP) is 4.22. The lowest BCUT2D eigenvalue weighted by molar-refractivity contribution is 0.384. The van der Waals surface area contributed by atoms with Gasteiger partial charge >= 0.3 is 0 Å². The number of nitrogens with zero attached hydrogens (tertiary/aromatic N) is 3. The number of aromatic nitrogens is 2. The van der Waals surface area contributed by atoms with Gasteiger partial charge in [-0.15, -0.1) is 0 Å². The van der Waals surface area contributed by atoms with E-state index in [1.54, 1.807) is 27.2 Å². The quantitative estimate of drug-likeness (QED) is 0.552. The molecule has 7 nitrogen and oxygen atoms in total. The lowest BCUT2D eigenvalue weighted by Crippen LogP contribution is -2.32. The Labute approximate surface area is 196 Å². The molecule has 2 aromatic heterocycles. The number of hydrogen-bond donors (Lipinski definition) is 2. The standard InChI is InChI=1S/C22H24Cl2N4O3S/c1-12-17(9-25)20(16-5-2-13(23)8-18(16)24)21-19(26-12)11-28(22(21)29)14-6-7-27(10-14)32(30,31)15-3-4-15/h2,5,8,11,14-15,29H,3-4,6-7,9-10,25H2,1H3/t14-/m0/s1. The molecular weight excluding hydrogens is 471 g/mol. The zero-order chi connectivity index (χ0) is 22.8. The van der Waals surface area contributed by atoms with E-state index < -0.39 is 10.0 Å². The van der Waals surface area contributed by atoms with Gasteiger partial charge in [-0.2, -0.15) is 4.31 Å². The van der Waals surface area contributed by atoms with Crippen molar-refractivity contribution in [3.05, 3.63) is 45.7 Å². The lowest BCUT2D eigenvalue weighted by atomic mass is 9.95. The number of aromatic hydroxyl groups is 1. The van der Waals surface area contributed by atoms with Crippen LogP contribution in [0.3, 0.4) is 0 Å². The van der Waals surface area contributed by atoms with Crippen molar-refractivity contribution >= 4 is 44.1 Å². The Morgan fingerprint density at radius 2 is 2.00 bits per heavy atom. The maximum Gasteiger partial charge on any atom is 0.217 e. The minimum atomic E-state index is -3.25. The first-order valence-corrected chi connectivity index (χ1v) is 12.9. The third kappa shape index (κ3) is 3.49. The van der Waals surface area contributed by atoms with E-state index in [4.69, 9.17) is 28.9 Å². The SMILES string of the molecule is Cc1nc2cn([C@H]3CCN(S(=O)(=O)C4CC4)C3)c(O)c2c(-c2ccc(Cl)cc2Cl)c1CN. The number of benzene rings is 1. The second-order valence-corrected chi connectivity index (χ2v) is 11.6. The summed E-state index contributed by atoms with van der Waals surface area (Å²) >= 11 is 12.6. The number of aryl methyl sites for hydroxylation is 1. The van der Waals surface area contributed by atoms with E-state index in [0.29, 0.717) is 46.0 Å². The van der Waals surface area contributed by atoms with Crippen LogP contribution in [0.25, 0.3) is 22.0 Å². The average Bonchev–Trinajstić information content (AvgIpc) is 3.40. The van der Waals surface area contributed by atoms with Crippen LogP contribution in [-0.4, -0.2) is 45.7 Å². The summed E-state index contributed by atoms with van der Waals surface area (Å²) in [6.45, 7) is 2.90. The van der Waals surface area contributed by atoms with Gasteiger partial charge in [0.25, 0.3) is 0 Å². The first-order chi connectivity index (χ1) is 15.2. The van der Waals surface area contributed by atoms with Gasteiger partial charge < -0.3 is 15.4 Å². The van der Waals surface area contributed by atoms with Crippen LogP contribution in [0.2, 0.25) is 10.0 Å². The van der Waals surface area contributed by atoms with Crippen molar-refractivity contribution in [2.75, 3.05) is 13.1 Å². The number of sulfonamides is 1. The number of pyridine rings is 1. The fourth-order valence-electron chi connectivity index (χ4n) is 4.67. The zero-order valence-corrected chi connectivity index (χ0v) is 19.9. The second kappa shape index (κ2) is 7.88. The highest BCUT2D eigenvalue weighted by Crippen LogP contribution is 2.44. The highest BCUT2D eigenvalue weighted by atomic mass is 35.5. The molecule has 1 aliphatic carbocycles. The minimum absolute atomic E-state index is 0.0406. The summed E-state index contributed by atoms with van der Waals surface area (Å²) in [6.07, 6.45) is 3.89. The highest BCUT2D eigenvalue weighted by molar-refractivity contribution is 7.90. The first-order valence-electron chi connectivity index (χ1n) is 10.6. The van der Waals surface area contributed by atoms with E-state index in [1.807, 2.05) is 13.0 Å². The first kappa shape index (κ1) is 22.0. The molecule has 1 aliphatic heterocycles. The fourth-order valence-corrected chi connectivity index (χ4v) is 7.06. The number of fused-ring (bicyclic) bond motifs is 1. The maximum absolute atomic E-state index is 12.7. The van der Waals surface area contributed by atoms with Crippen molar-refractivity contribution in [2.24, 2.45) is 5.73 Å². The van der Waals surface area contributed by atoms with Crippen LogP contribution >= 0.6 is 23.2 Å². The monoisotopic (exact) mass is 494 g/mol. The van der Waals surface area contributed by atoms with Crippen LogP contribution in [0, 0.1) is 6.92 Å². The molecule has 1 aromatic carbocycles. The molecule has 2 aliphatic rings. The molecule has 0 spiro atoms. The third-order valence-corrected chi connectivity index (χ3v) is 9.41. The van der Waals surface area contributed by atoms with Gasteiger partial charge in [-0.25, -0.2) is 8.42 Å². The van der Waals surface area contributed by atoms with E-state index in [0.717, 1.165) is 29.7 Å². The average molecular weight is 495 g/mol. The van der Waals surface area contributed by atoms with E-state index in [2.05, 4.69) is 4.98 Å². The van der Waals surface area contributed by atoms with E-state index in [-0.39, 0.29) is 23.7 Å². The molecule has 3 N–H and O–H groups in total. The molecule has 2 fully saturated rings. The van der Waals surface area contributed by atoms with Gasteiger partial charge in [-0.05, 0) is 43.9 Å². The van der Waals surface area contributed by atoms with E-state index in [9.17, 15) is 13.5 Å². The van der Waals surface area contributed by atoms with Crippen LogP contribution in [0.4, 0.5) is 0 Å². The molecule has 3 heterocycles. The second-order valence-electron chi connectivity index (χ2n) is 8.54. The summed E-state index contributed by atoms with van der Waals surface area (Å²) in [5, 5.41) is 12.6. The molecular formula is C22H24Cl2N4O3S. The van der Waals surface area contributed by atoms with Crippen molar-refractivity contribution in [1.29, 1.82) is 0 Å². The number of nitrogens with two attached hydrogens (primary N) is 1. The van der Waals surface area contributed by atoms with Gasteiger partial charge in [0.1, 0.15) is 0 Å². The van der Waals surface area contributed by atoms with Gasteiger partial charge in [0.2, 0.25) is 15.9 Å². The van der Waals surface area contributed by atoms with E-state index in [1.165, 1.54) is 0 Å². The van der Waals surface area contributed by atoms with Gasteiger partial charge in [0.05, 0.1) is 22.2 Å². The summed E-state index contributed by atoms with van der Waals surface area (Å²) in [5.74, 6) is 0.0406. The molecule has 0 unspecified atom stereocenters. The summed E-state index contributed by atoms with van der Waals surface area (Å²) in [4.78, 5) is 4.68. The molecule has 0 bridgehead atoms. The summed E-state index contributed by atoms with van der Waals surface area (Å²) in [6, 6.07) is 5.05. The summed E-state index contributed by atoms with van der Waals surface area (Å²) < 4.78 is 28.6. The molecule has 1 saturated carbocycles. The zero-order valence-electron chi connectivity index (χ0n) is 17.6. The molecule has 1 atom stereocenters. The highest BCUT2D eigenvalue weighted by Gasteiger charge is 2.43. The lowest BCUT2D eigenvalue weighted by Gasteiger charge is -2.17. The van der Waals surface area contributed by atoms with Crippen LogP contribution in [0.1, 0.15) is 36.6 Å². The van der Waals surface area contributed by atoms with Gasteiger partial charge in [0, 0.05) is 52.7 Å². The number of rotatable bonds is 5. The normalized spacial score (nSPS) is 19.8. The van der Waals surface area contributed by atoms with Gasteiger partial charge in [0.15, 0.2) is 0 Å². The Morgan fingerprint density at radius 1 is 1.25 bits per heavy atom. The molecule has 3 aromatic rings. The molecule has 1 saturated heterocycles. The van der Waals surface area contributed by atoms with Crippen LogP contribution in [-0.2, 0) is 16.6 Å². The number of halogens is 2. The smallest absolute Gasteiger partial charge is 0.217 e. The Hall–Kier alpha value is -1.84. The van der Waals surface area contributed by atoms with Crippen LogP contribution in [0.5, 0.6) is 5.88 Å². The van der Waals surface area contributed by atoms with Gasteiger partial charge in [-0.1, -0.05) is 29.3 Å².